The van der Waals surface area contributed by atoms with Crippen LogP contribution < -0.4 is 14.4 Å². The SMILES string of the molecule is CCOc1cc(/C=C2\SC(=Nc3ccc(C)c(Cl)c3)N(c3ccc(C)c(Cl)c3)C2=O)ccc1OCc1c(C)cc(C)cc1C. The molecule has 226 valence electrons. The fourth-order valence-electron chi connectivity index (χ4n) is 5.00. The van der Waals surface area contributed by atoms with Gasteiger partial charge in [0.2, 0.25) is 0 Å². The molecular formula is C36H34Cl2N2O3S. The zero-order valence-corrected chi connectivity index (χ0v) is 28.0. The number of carbonyl (C=O) groups excluding carboxylic acids is 1. The fourth-order valence-corrected chi connectivity index (χ4v) is 6.35. The molecule has 0 aromatic heterocycles. The first kappa shape index (κ1) is 31.7. The Morgan fingerprint density at radius 3 is 2.14 bits per heavy atom. The fraction of sp³-hybridized carbons (Fsp3) is 0.222. The maximum atomic E-state index is 13.9. The zero-order valence-electron chi connectivity index (χ0n) is 25.6. The van der Waals surface area contributed by atoms with Crippen molar-refractivity contribution in [3.63, 3.8) is 0 Å². The molecule has 1 aliphatic heterocycles. The monoisotopic (exact) mass is 644 g/mol. The van der Waals surface area contributed by atoms with Gasteiger partial charge < -0.3 is 9.47 Å². The van der Waals surface area contributed by atoms with Crippen molar-refractivity contribution in [2.45, 2.75) is 48.1 Å². The molecule has 1 heterocycles. The lowest BCUT2D eigenvalue weighted by Crippen LogP contribution is -2.28. The number of rotatable bonds is 8. The van der Waals surface area contributed by atoms with Crippen molar-refractivity contribution in [1.29, 1.82) is 0 Å². The molecule has 0 aliphatic carbocycles. The summed E-state index contributed by atoms with van der Waals surface area (Å²) in [5.41, 5.74) is 8.76. The van der Waals surface area contributed by atoms with E-state index in [1.54, 1.807) is 17.0 Å². The largest absolute Gasteiger partial charge is 0.490 e. The number of benzene rings is 4. The van der Waals surface area contributed by atoms with Gasteiger partial charge in [-0.3, -0.25) is 9.69 Å². The van der Waals surface area contributed by atoms with E-state index in [1.165, 1.54) is 28.5 Å². The molecule has 8 heteroatoms. The average molecular weight is 646 g/mol. The molecule has 5 nitrogen and oxygen atoms in total. The van der Waals surface area contributed by atoms with E-state index in [-0.39, 0.29) is 5.91 Å². The molecule has 1 amide bonds. The van der Waals surface area contributed by atoms with Crippen molar-refractivity contribution in [2.24, 2.45) is 4.99 Å². The number of hydrogen-bond donors (Lipinski definition) is 0. The van der Waals surface area contributed by atoms with Gasteiger partial charge in [-0.1, -0.05) is 59.1 Å². The Morgan fingerprint density at radius 1 is 0.795 bits per heavy atom. The second-order valence-electron chi connectivity index (χ2n) is 10.8. The van der Waals surface area contributed by atoms with Crippen LogP contribution in [0.5, 0.6) is 11.5 Å². The first-order valence-electron chi connectivity index (χ1n) is 14.4. The van der Waals surface area contributed by atoms with Gasteiger partial charge in [-0.05, 0) is 129 Å². The van der Waals surface area contributed by atoms with Gasteiger partial charge >= 0.3 is 0 Å². The van der Waals surface area contributed by atoms with Crippen molar-refractivity contribution in [1.82, 2.24) is 0 Å². The van der Waals surface area contributed by atoms with Crippen LogP contribution in [0, 0.1) is 34.6 Å². The van der Waals surface area contributed by atoms with E-state index in [0.29, 0.717) is 56.2 Å². The second-order valence-corrected chi connectivity index (χ2v) is 12.6. The number of amides is 1. The molecule has 4 aromatic carbocycles. The third-order valence-electron chi connectivity index (χ3n) is 7.38. The Morgan fingerprint density at radius 2 is 1.48 bits per heavy atom. The van der Waals surface area contributed by atoms with Crippen LogP contribution >= 0.6 is 35.0 Å². The van der Waals surface area contributed by atoms with E-state index in [2.05, 4.69) is 32.9 Å². The van der Waals surface area contributed by atoms with E-state index in [0.717, 1.165) is 22.3 Å². The Labute approximate surface area is 273 Å². The highest BCUT2D eigenvalue weighted by Crippen LogP contribution is 2.40. The van der Waals surface area contributed by atoms with E-state index >= 15 is 0 Å². The number of nitrogens with zero attached hydrogens (tertiary/aromatic N) is 2. The van der Waals surface area contributed by atoms with Crippen molar-refractivity contribution >= 4 is 63.5 Å². The molecule has 0 bridgehead atoms. The topological polar surface area (TPSA) is 51.1 Å². The maximum absolute atomic E-state index is 13.9. The summed E-state index contributed by atoms with van der Waals surface area (Å²) >= 11 is 14.1. The number of hydrogen-bond acceptors (Lipinski definition) is 5. The summed E-state index contributed by atoms with van der Waals surface area (Å²) < 4.78 is 12.2. The molecule has 4 aromatic rings. The summed E-state index contributed by atoms with van der Waals surface area (Å²) in [5, 5.41) is 1.69. The normalized spacial score (nSPS) is 15.0. The van der Waals surface area contributed by atoms with Gasteiger partial charge in [-0.2, -0.15) is 0 Å². The molecule has 0 saturated carbocycles. The number of ether oxygens (including phenoxy) is 2. The van der Waals surface area contributed by atoms with Crippen LogP contribution in [-0.2, 0) is 11.4 Å². The first-order chi connectivity index (χ1) is 21.0. The molecule has 0 spiro atoms. The highest BCUT2D eigenvalue weighted by Gasteiger charge is 2.35. The van der Waals surface area contributed by atoms with Crippen molar-refractivity contribution in [3.05, 3.63) is 121 Å². The molecule has 0 N–H and O–H groups in total. The summed E-state index contributed by atoms with van der Waals surface area (Å²) in [4.78, 5) is 20.8. The van der Waals surface area contributed by atoms with E-state index in [4.69, 9.17) is 37.7 Å². The van der Waals surface area contributed by atoms with Crippen LogP contribution in [0.4, 0.5) is 11.4 Å². The molecule has 1 saturated heterocycles. The van der Waals surface area contributed by atoms with Crippen molar-refractivity contribution < 1.29 is 14.3 Å². The molecule has 0 atom stereocenters. The van der Waals surface area contributed by atoms with E-state index < -0.39 is 0 Å². The minimum atomic E-state index is -0.199. The van der Waals surface area contributed by atoms with Crippen LogP contribution in [0.3, 0.4) is 0 Å². The Kier molecular flexibility index (Phi) is 9.74. The van der Waals surface area contributed by atoms with E-state index in [1.807, 2.05) is 69.3 Å². The van der Waals surface area contributed by atoms with Gasteiger partial charge in [0, 0.05) is 10.0 Å². The van der Waals surface area contributed by atoms with Crippen LogP contribution in [0.2, 0.25) is 10.0 Å². The lowest BCUT2D eigenvalue weighted by atomic mass is 10.0. The highest BCUT2D eigenvalue weighted by atomic mass is 35.5. The summed E-state index contributed by atoms with van der Waals surface area (Å²) in [6, 6.07) is 21.2. The van der Waals surface area contributed by atoms with Crippen LogP contribution in [0.25, 0.3) is 6.08 Å². The summed E-state index contributed by atoms with van der Waals surface area (Å²) in [7, 11) is 0. The smallest absolute Gasteiger partial charge is 0.271 e. The van der Waals surface area contributed by atoms with E-state index in [9.17, 15) is 4.79 Å². The average Bonchev–Trinajstić information content (AvgIpc) is 3.26. The number of aryl methyl sites for hydroxylation is 5. The standard InChI is InChI=1S/C36H34Cl2N2O3S/c1-7-42-33-16-26(10-13-32(33)43-20-29-24(5)14-21(2)15-25(29)6)17-34-35(41)40(28-12-9-23(4)31(38)19-28)36(44-34)39-27-11-8-22(3)30(37)18-27/h8-19H,7,20H2,1-6H3/b34-17-,39-36?. The zero-order chi connectivity index (χ0) is 31.5. The summed E-state index contributed by atoms with van der Waals surface area (Å²) in [6.45, 7) is 13.0. The van der Waals surface area contributed by atoms with Crippen LogP contribution in [0.1, 0.15) is 45.9 Å². The second kappa shape index (κ2) is 13.5. The van der Waals surface area contributed by atoms with Crippen molar-refractivity contribution in [2.75, 3.05) is 11.5 Å². The van der Waals surface area contributed by atoms with Gasteiger partial charge in [0.15, 0.2) is 16.7 Å². The lowest BCUT2D eigenvalue weighted by Gasteiger charge is -2.17. The van der Waals surface area contributed by atoms with Gasteiger partial charge in [-0.25, -0.2) is 4.99 Å². The summed E-state index contributed by atoms with van der Waals surface area (Å²) in [6.07, 6.45) is 1.85. The number of amidine groups is 1. The lowest BCUT2D eigenvalue weighted by molar-refractivity contribution is -0.113. The number of carbonyl (C=O) groups is 1. The number of thioether (sulfide) groups is 1. The van der Waals surface area contributed by atoms with Gasteiger partial charge in [0.05, 0.1) is 22.9 Å². The van der Waals surface area contributed by atoms with Crippen LogP contribution in [0.15, 0.2) is 76.6 Å². The molecular weight excluding hydrogens is 611 g/mol. The minimum Gasteiger partial charge on any atom is -0.490 e. The number of aliphatic imine (C=N–C) groups is 1. The molecule has 0 unspecified atom stereocenters. The first-order valence-corrected chi connectivity index (χ1v) is 15.9. The Balaban J connectivity index is 1.48. The third kappa shape index (κ3) is 6.99. The Bertz CT molecular complexity index is 1790. The van der Waals surface area contributed by atoms with Gasteiger partial charge in [0.1, 0.15) is 6.61 Å². The van der Waals surface area contributed by atoms with Gasteiger partial charge in [-0.15, -0.1) is 0 Å². The predicted molar refractivity (Wildman–Crippen MR) is 185 cm³/mol. The van der Waals surface area contributed by atoms with Gasteiger partial charge in [0.25, 0.3) is 5.91 Å². The summed E-state index contributed by atoms with van der Waals surface area (Å²) in [5.74, 6) is 1.06. The molecule has 44 heavy (non-hydrogen) atoms. The predicted octanol–water partition coefficient (Wildman–Crippen LogP) is 10.3. The molecule has 1 aliphatic rings. The minimum absolute atomic E-state index is 0.199. The Hall–Kier alpha value is -3.71. The third-order valence-corrected chi connectivity index (χ3v) is 9.16. The molecule has 0 radical (unpaired) electrons. The maximum Gasteiger partial charge on any atom is 0.271 e. The number of anilines is 1. The van der Waals surface area contributed by atoms with Crippen LogP contribution in [-0.4, -0.2) is 17.7 Å². The quantitative estimate of drug-likeness (QED) is 0.179. The molecule has 5 rings (SSSR count). The highest BCUT2D eigenvalue weighted by molar-refractivity contribution is 8.19. The van der Waals surface area contributed by atoms with Crippen molar-refractivity contribution in [3.8, 4) is 11.5 Å². The molecule has 1 fully saturated rings. The number of halogens is 2.